The van der Waals surface area contributed by atoms with Gasteiger partial charge in [0.05, 0.1) is 23.5 Å². The lowest BCUT2D eigenvalue weighted by Gasteiger charge is -2.30. The quantitative estimate of drug-likeness (QED) is 0.689. The Morgan fingerprint density at radius 2 is 1.84 bits per heavy atom. The summed E-state index contributed by atoms with van der Waals surface area (Å²) in [7, 11) is 0. The molecule has 2 aromatic heterocycles. The number of hydrogen-bond acceptors (Lipinski definition) is 5. The maximum absolute atomic E-state index is 13.7. The summed E-state index contributed by atoms with van der Waals surface area (Å²) in [6.07, 6.45) is 11.9. The Morgan fingerprint density at radius 3 is 2.50 bits per heavy atom. The second kappa shape index (κ2) is 8.40. The Balaban J connectivity index is 1.35. The van der Waals surface area contributed by atoms with Gasteiger partial charge in [0.25, 0.3) is 0 Å². The zero-order chi connectivity index (χ0) is 22.5. The molecular formula is C25H38N6O. The van der Waals surface area contributed by atoms with Crippen LogP contribution in [0.25, 0.3) is 11.0 Å². The lowest BCUT2D eigenvalue weighted by atomic mass is 9.77. The van der Waals surface area contributed by atoms with E-state index in [-0.39, 0.29) is 11.3 Å². The van der Waals surface area contributed by atoms with Crippen molar-refractivity contribution in [2.45, 2.75) is 91.3 Å². The van der Waals surface area contributed by atoms with Crippen molar-refractivity contribution in [3.05, 3.63) is 12.5 Å². The van der Waals surface area contributed by atoms with Crippen molar-refractivity contribution in [3.8, 4) is 0 Å². The molecule has 0 radical (unpaired) electrons. The molecule has 4 fully saturated rings. The average Bonchev–Trinajstić information content (AvgIpc) is 3.38. The molecule has 4 aliphatic rings. The summed E-state index contributed by atoms with van der Waals surface area (Å²) in [5, 5.41) is 8.68. The minimum Gasteiger partial charge on any atom is -0.309 e. The van der Waals surface area contributed by atoms with Crippen LogP contribution < -0.4 is 5.32 Å². The third kappa shape index (κ3) is 3.72. The Labute approximate surface area is 191 Å². The molecule has 2 atom stereocenters. The summed E-state index contributed by atoms with van der Waals surface area (Å²) in [6.45, 7) is 10.6. The molecule has 4 bridgehead atoms. The number of nitrogens with zero attached hydrogens (tertiary/aromatic N) is 5. The Kier molecular flexibility index (Phi) is 5.72. The van der Waals surface area contributed by atoms with Crippen LogP contribution in [0, 0.1) is 23.2 Å². The van der Waals surface area contributed by atoms with Gasteiger partial charge in [-0.2, -0.15) is 5.10 Å². The Morgan fingerprint density at radius 1 is 1.16 bits per heavy atom. The molecule has 0 aromatic carbocycles. The van der Waals surface area contributed by atoms with E-state index in [9.17, 15) is 4.79 Å². The van der Waals surface area contributed by atoms with Crippen molar-refractivity contribution < 1.29 is 4.79 Å². The molecule has 1 N–H and O–H groups in total. The monoisotopic (exact) mass is 438 g/mol. The van der Waals surface area contributed by atoms with Gasteiger partial charge in [0.2, 0.25) is 5.91 Å². The van der Waals surface area contributed by atoms with Crippen LogP contribution in [0.5, 0.6) is 0 Å². The molecule has 1 amide bonds. The van der Waals surface area contributed by atoms with Crippen LogP contribution in [0.15, 0.2) is 12.5 Å². The molecule has 2 unspecified atom stereocenters. The number of fused-ring (bicyclic) bond motifs is 3. The van der Waals surface area contributed by atoms with Crippen molar-refractivity contribution in [3.63, 3.8) is 0 Å². The van der Waals surface area contributed by atoms with Crippen LogP contribution in [-0.2, 0) is 11.3 Å². The van der Waals surface area contributed by atoms with Crippen LogP contribution >= 0.6 is 0 Å². The molecule has 4 saturated carbocycles. The summed E-state index contributed by atoms with van der Waals surface area (Å²) >= 11 is 0. The Hall–Kier alpha value is -2.02. The number of nitrogens with one attached hydrogen (secondary N) is 1. The SMILES string of the molecule is CC(C)N(CCn1ncc2c(NC(=O)C34CC5CCCC(CC3C5)C4)ncnc21)C(C)C. The summed E-state index contributed by atoms with van der Waals surface area (Å²) in [6, 6.07) is 0.955. The van der Waals surface area contributed by atoms with Crippen LogP contribution in [-0.4, -0.2) is 49.2 Å². The second-order valence-corrected chi connectivity index (χ2v) is 11.1. The van der Waals surface area contributed by atoms with E-state index in [1.165, 1.54) is 32.1 Å². The maximum atomic E-state index is 13.7. The molecule has 6 rings (SSSR count). The van der Waals surface area contributed by atoms with E-state index in [0.29, 0.717) is 23.8 Å². The molecule has 7 heteroatoms. The average molecular weight is 439 g/mol. The molecule has 2 aromatic rings. The highest BCUT2D eigenvalue weighted by Crippen LogP contribution is 2.62. The predicted octanol–water partition coefficient (Wildman–Crippen LogP) is 4.49. The highest BCUT2D eigenvalue weighted by Gasteiger charge is 2.58. The zero-order valence-electron chi connectivity index (χ0n) is 20.0. The van der Waals surface area contributed by atoms with E-state index in [1.807, 2.05) is 10.9 Å². The number of hydrogen-bond donors (Lipinski definition) is 1. The van der Waals surface area contributed by atoms with Gasteiger partial charge in [-0.15, -0.1) is 0 Å². The fraction of sp³-hybridized carbons (Fsp3) is 0.760. The van der Waals surface area contributed by atoms with E-state index >= 15 is 0 Å². The van der Waals surface area contributed by atoms with Gasteiger partial charge >= 0.3 is 0 Å². The summed E-state index contributed by atoms with van der Waals surface area (Å²) < 4.78 is 1.95. The van der Waals surface area contributed by atoms with E-state index in [1.54, 1.807) is 6.33 Å². The zero-order valence-corrected chi connectivity index (χ0v) is 20.0. The van der Waals surface area contributed by atoms with Crippen LogP contribution in [0.4, 0.5) is 5.82 Å². The molecule has 174 valence electrons. The first-order valence-corrected chi connectivity index (χ1v) is 12.6. The van der Waals surface area contributed by atoms with E-state index in [0.717, 1.165) is 48.8 Å². The first kappa shape index (κ1) is 21.8. The molecular weight excluding hydrogens is 400 g/mol. The van der Waals surface area contributed by atoms with Gasteiger partial charge in [-0.3, -0.25) is 9.69 Å². The normalized spacial score (nSPS) is 29.4. The molecule has 2 heterocycles. The number of anilines is 1. The van der Waals surface area contributed by atoms with Crippen molar-refractivity contribution in [1.29, 1.82) is 0 Å². The second-order valence-electron chi connectivity index (χ2n) is 11.1. The highest BCUT2D eigenvalue weighted by atomic mass is 16.2. The molecule has 7 nitrogen and oxygen atoms in total. The Bertz CT molecular complexity index is 958. The third-order valence-electron chi connectivity index (χ3n) is 8.56. The van der Waals surface area contributed by atoms with E-state index in [2.05, 4.69) is 53.0 Å². The van der Waals surface area contributed by atoms with Gasteiger partial charge in [-0.1, -0.05) is 19.3 Å². The third-order valence-corrected chi connectivity index (χ3v) is 8.56. The summed E-state index contributed by atoms with van der Waals surface area (Å²) in [5.41, 5.74) is 0.615. The molecule has 4 aliphatic carbocycles. The van der Waals surface area contributed by atoms with Gasteiger partial charge < -0.3 is 5.32 Å². The van der Waals surface area contributed by atoms with E-state index in [4.69, 9.17) is 0 Å². The molecule has 0 spiro atoms. The number of amides is 1. The number of aromatic nitrogens is 4. The highest BCUT2D eigenvalue weighted by molar-refractivity contribution is 6.01. The fourth-order valence-corrected chi connectivity index (χ4v) is 7.18. The van der Waals surface area contributed by atoms with Gasteiger partial charge in [-0.05, 0) is 71.1 Å². The first-order valence-electron chi connectivity index (χ1n) is 12.6. The fourth-order valence-electron chi connectivity index (χ4n) is 7.18. The first-order chi connectivity index (χ1) is 15.4. The summed E-state index contributed by atoms with van der Waals surface area (Å²) in [5.74, 6) is 2.81. The van der Waals surface area contributed by atoms with Gasteiger partial charge in [0, 0.05) is 18.6 Å². The van der Waals surface area contributed by atoms with Gasteiger partial charge in [0.15, 0.2) is 5.65 Å². The minimum absolute atomic E-state index is 0.182. The number of rotatable bonds is 7. The maximum Gasteiger partial charge on any atom is 0.232 e. The molecule has 0 aliphatic heterocycles. The van der Waals surface area contributed by atoms with Gasteiger partial charge in [-0.25, -0.2) is 14.6 Å². The summed E-state index contributed by atoms with van der Waals surface area (Å²) in [4.78, 5) is 25.1. The number of carbonyl (C=O) groups excluding carboxylic acids is 1. The van der Waals surface area contributed by atoms with Crippen LogP contribution in [0.2, 0.25) is 0 Å². The van der Waals surface area contributed by atoms with Crippen molar-refractivity contribution >= 4 is 22.8 Å². The largest absolute Gasteiger partial charge is 0.309 e. The van der Waals surface area contributed by atoms with Gasteiger partial charge in [0.1, 0.15) is 12.1 Å². The lowest BCUT2D eigenvalue weighted by molar-refractivity contribution is -0.127. The minimum atomic E-state index is -0.182. The van der Waals surface area contributed by atoms with Crippen molar-refractivity contribution in [2.75, 3.05) is 11.9 Å². The van der Waals surface area contributed by atoms with Crippen LogP contribution in [0.1, 0.15) is 72.6 Å². The van der Waals surface area contributed by atoms with Crippen molar-refractivity contribution in [2.24, 2.45) is 23.2 Å². The predicted molar refractivity (Wildman–Crippen MR) is 126 cm³/mol. The standard InChI is InChI=1S/C25H38N6O/c1-16(2)30(17(3)4)8-9-31-23-21(14-28-31)22(26-15-27-23)29-24(32)25-12-18-6-5-7-19(13-25)11-20(25)10-18/h14-20H,5-13H2,1-4H3,(H,26,27,29,32). The topological polar surface area (TPSA) is 75.9 Å². The van der Waals surface area contributed by atoms with E-state index < -0.39 is 0 Å². The smallest absolute Gasteiger partial charge is 0.232 e. The molecule has 0 saturated heterocycles. The van der Waals surface area contributed by atoms with Crippen LogP contribution in [0.3, 0.4) is 0 Å². The lowest BCUT2D eigenvalue weighted by Crippen LogP contribution is -2.39. The van der Waals surface area contributed by atoms with Crippen molar-refractivity contribution in [1.82, 2.24) is 24.6 Å². The number of carbonyl (C=O) groups is 1. The molecule has 32 heavy (non-hydrogen) atoms.